The lowest BCUT2D eigenvalue weighted by Gasteiger charge is -2.24. The predicted molar refractivity (Wildman–Crippen MR) is 112 cm³/mol. The Morgan fingerprint density at radius 3 is 2.68 bits per heavy atom. The van der Waals surface area contributed by atoms with E-state index in [0.717, 1.165) is 62.8 Å². The van der Waals surface area contributed by atoms with Crippen molar-refractivity contribution >= 4 is 29.9 Å². The SMILES string of the molecule is CCNC(=NCc1cc(C(CC)CC)no1)NCC1(C)CCCO1.I. The third-order valence-electron chi connectivity index (χ3n) is 4.65. The molecule has 7 heteroatoms. The molecule has 2 heterocycles. The van der Waals surface area contributed by atoms with E-state index in [1.807, 2.05) is 6.07 Å². The molecule has 1 aromatic heterocycles. The molecule has 25 heavy (non-hydrogen) atoms. The molecule has 0 spiro atoms. The Bertz CT molecular complexity index is 523. The van der Waals surface area contributed by atoms with Gasteiger partial charge in [0.1, 0.15) is 6.54 Å². The molecule has 1 unspecified atom stereocenters. The second kappa shape index (κ2) is 11.0. The number of aromatic nitrogens is 1. The molecule has 0 saturated carbocycles. The Balaban J connectivity index is 0.00000312. The topological polar surface area (TPSA) is 71.7 Å². The summed E-state index contributed by atoms with van der Waals surface area (Å²) in [7, 11) is 0. The summed E-state index contributed by atoms with van der Waals surface area (Å²) in [4.78, 5) is 4.61. The number of ether oxygens (including phenoxy) is 1. The van der Waals surface area contributed by atoms with Crippen LogP contribution < -0.4 is 10.6 Å². The summed E-state index contributed by atoms with van der Waals surface area (Å²) in [6.45, 7) is 11.5. The molecule has 0 aliphatic carbocycles. The van der Waals surface area contributed by atoms with Crippen molar-refractivity contribution in [2.75, 3.05) is 19.7 Å². The summed E-state index contributed by atoms with van der Waals surface area (Å²) in [5.74, 6) is 2.06. The first-order valence-corrected chi connectivity index (χ1v) is 9.21. The van der Waals surface area contributed by atoms with Gasteiger partial charge in [-0.1, -0.05) is 19.0 Å². The molecular weight excluding hydrogens is 431 g/mol. The largest absolute Gasteiger partial charge is 0.373 e. The van der Waals surface area contributed by atoms with Crippen LogP contribution in [0.5, 0.6) is 0 Å². The van der Waals surface area contributed by atoms with E-state index in [4.69, 9.17) is 9.26 Å². The van der Waals surface area contributed by atoms with Crippen molar-refractivity contribution in [2.45, 2.75) is 71.4 Å². The Hall–Kier alpha value is -0.830. The van der Waals surface area contributed by atoms with Gasteiger partial charge in [0.2, 0.25) is 0 Å². The monoisotopic (exact) mass is 464 g/mol. The average molecular weight is 464 g/mol. The van der Waals surface area contributed by atoms with Crippen LogP contribution >= 0.6 is 24.0 Å². The lowest BCUT2D eigenvalue weighted by Crippen LogP contribution is -2.45. The lowest BCUT2D eigenvalue weighted by molar-refractivity contribution is 0.0243. The zero-order chi connectivity index (χ0) is 17.4. The number of rotatable bonds is 8. The standard InChI is InChI=1S/C18H32N4O2.HI/c1-5-14(6-2)16-11-15(24-22-16)12-20-17(19-7-3)21-13-18(4)9-8-10-23-18;/h11,14H,5-10,12-13H2,1-4H3,(H2,19,20,21);1H. The number of hydrogen-bond donors (Lipinski definition) is 2. The van der Waals surface area contributed by atoms with E-state index < -0.39 is 0 Å². The summed E-state index contributed by atoms with van der Waals surface area (Å²) >= 11 is 0. The summed E-state index contributed by atoms with van der Waals surface area (Å²) in [5, 5.41) is 10.8. The van der Waals surface area contributed by atoms with Gasteiger partial charge >= 0.3 is 0 Å². The zero-order valence-electron chi connectivity index (χ0n) is 15.9. The van der Waals surface area contributed by atoms with E-state index in [-0.39, 0.29) is 29.6 Å². The summed E-state index contributed by atoms with van der Waals surface area (Å²) in [6.07, 6.45) is 4.37. The van der Waals surface area contributed by atoms with Gasteiger partial charge in [-0.25, -0.2) is 4.99 Å². The van der Waals surface area contributed by atoms with Gasteiger partial charge in [0.25, 0.3) is 0 Å². The molecule has 0 aromatic carbocycles. The van der Waals surface area contributed by atoms with Crippen LogP contribution in [-0.2, 0) is 11.3 Å². The van der Waals surface area contributed by atoms with E-state index in [9.17, 15) is 0 Å². The first kappa shape index (κ1) is 22.2. The number of nitrogens with one attached hydrogen (secondary N) is 2. The predicted octanol–water partition coefficient (Wildman–Crippen LogP) is 3.82. The van der Waals surface area contributed by atoms with Crippen LogP contribution in [0.25, 0.3) is 0 Å². The highest BCUT2D eigenvalue weighted by molar-refractivity contribution is 14.0. The minimum absolute atomic E-state index is 0. The molecule has 1 saturated heterocycles. The minimum atomic E-state index is -0.0922. The quantitative estimate of drug-likeness (QED) is 0.348. The van der Waals surface area contributed by atoms with Gasteiger partial charge in [0, 0.05) is 31.7 Å². The highest BCUT2D eigenvalue weighted by Gasteiger charge is 2.29. The van der Waals surface area contributed by atoms with Crippen molar-refractivity contribution in [1.29, 1.82) is 0 Å². The molecular formula is C18H33IN4O2. The van der Waals surface area contributed by atoms with Crippen LogP contribution in [0.3, 0.4) is 0 Å². The summed E-state index contributed by atoms with van der Waals surface area (Å²) in [6, 6.07) is 2.03. The van der Waals surface area contributed by atoms with Gasteiger partial charge in [-0.05, 0) is 39.5 Å². The van der Waals surface area contributed by atoms with Crippen LogP contribution in [0, 0.1) is 0 Å². The second-order valence-electron chi connectivity index (χ2n) is 6.68. The van der Waals surface area contributed by atoms with Crippen molar-refractivity contribution in [3.05, 3.63) is 17.5 Å². The Labute approximate surface area is 168 Å². The van der Waals surface area contributed by atoms with Crippen molar-refractivity contribution in [2.24, 2.45) is 4.99 Å². The molecule has 144 valence electrons. The molecule has 0 amide bonds. The van der Waals surface area contributed by atoms with E-state index >= 15 is 0 Å². The van der Waals surface area contributed by atoms with E-state index in [2.05, 4.69) is 48.5 Å². The maximum Gasteiger partial charge on any atom is 0.191 e. The number of hydrogen-bond acceptors (Lipinski definition) is 4. The van der Waals surface area contributed by atoms with Crippen LogP contribution in [0.1, 0.15) is 70.8 Å². The van der Waals surface area contributed by atoms with Crippen molar-refractivity contribution in [3.63, 3.8) is 0 Å². The Morgan fingerprint density at radius 1 is 1.32 bits per heavy atom. The molecule has 1 atom stereocenters. The van der Waals surface area contributed by atoms with Gasteiger partial charge in [0.05, 0.1) is 11.3 Å². The average Bonchev–Trinajstić information content (AvgIpc) is 3.21. The third kappa shape index (κ3) is 6.77. The van der Waals surface area contributed by atoms with Gasteiger partial charge in [0.15, 0.2) is 11.7 Å². The van der Waals surface area contributed by atoms with E-state index in [1.165, 1.54) is 0 Å². The molecule has 0 bridgehead atoms. The fourth-order valence-corrected chi connectivity index (χ4v) is 3.05. The smallest absolute Gasteiger partial charge is 0.191 e. The van der Waals surface area contributed by atoms with Gasteiger partial charge < -0.3 is 19.9 Å². The first-order valence-electron chi connectivity index (χ1n) is 9.21. The highest BCUT2D eigenvalue weighted by Crippen LogP contribution is 2.24. The van der Waals surface area contributed by atoms with Crippen LogP contribution in [0.2, 0.25) is 0 Å². The Kier molecular flexibility index (Phi) is 9.78. The molecule has 6 nitrogen and oxygen atoms in total. The molecule has 1 fully saturated rings. The fourth-order valence-electron chi connectivity index (χ4n) is 3.05. The number of nitrogens with zero attached hydrogens (tertiary/aromatic N) is 2. The molecule has 2 rings (SSSR count). The molecule has 1 aromatic rings. The van der Waals surface area contributed by atoms with E-state index in [1.54, 1.807) is 0 Å². The fraction of sp³-hybridized carbons (Fsp3) is 0.778. The number of halogens is 1. The summed E-state index contributed by atoms with van der Waals surface area (Å²) < 4.78 is 11.3. The number of guanidine groups is 1. The van der Waals surface area contributed by atoms with Crippen LogP contribution in [-0.4, -0.2) is 36.4 Å². The molecule has 2 N–H and O–H groups in total. The molecule has 0 radical (unpaired) electrons. The van der Waals surface area contributed by atoms with Crippen LogP contribution in [0.15, 0.2) is 15.6 Å². The maximum absolute atomic E-state index is 5.81. The van der Waals surface area contributed by atoms with Crippen molar-refractivity contribution < 1.29 is 9.26 Å². The van der Waals surface area contributed by atoms with E-state index in [0.29, 0.717) is 12.5 Å². The summed E-state index contributed by atoms with van der Waals surface area (Å²) in [5.41, 5.74) is 0.945. The van der Waals surface area contributed by atoms with Gasteiger partial charge in [-0.2, -0.15) is 0 Å². The van der Waals surface area contributed by atoms with Gasteiger partial charge in [-0.15, -0.1) is 24.0 Å². The maximum atomic E-state index is 5.81. The molecule has 1 aliphatic rings. The lowest BCUT2D eigenvalue weighted by atomic mass is 9.99. The highest BCUT2D eigenvalue weighted by atomic mass is 127. The van der Waals surface area contributed by atoms with Crippen molar-refractivity contribution in [1.82, 2.24) is 15.8 Å². The molecule has 1 aliphatic heterocycles. The van der Waals surface area contributed by atoms with Crippen LogP contribution in [0.4, 0.5) is 0 Å². The third-order valence-corrected chi connectivity index (χ3v) is 4.65. The zero-order valence-corrected chi connectivity index (χ0v) is 18.3. The van der Waals surface area contributed by atoms with Gasteiger partial charge in [-0.3, -0.25) is 0 Å². The first-order chi connectivity index (χ1) is 11.6. The Morgan fingerprint density at radius 2 is 2.08 bits per heavy atom. The van der Waals surface area contributed by atoms with Crippen molar-refractivity contribution in [3.8, 4) is 0 Å². The normalized spacial score (nSPS) is 20.6. The number of aliphatic imine (C=N–C) groups is 1. The minimum Gasteiger partial charge on any atom is -0.373 e. The second-order valence-corrected chi connectivity index (χ2v) is 6.68.